The van der Waals surface area contributed by atoms with Gasteiger partial charge in [0.05, 0.1) is 18.1 Å². The van der Waals surface area contributed by atoms with Crippen LogP contribution in [0.5, 0.6) is 5.75 Å². The Morgan fingerprint density at radius 2 is 2.12 bits per heavy atom. The Morgan fingerprint density at radius 3 is 2.88 bits per heavy atom. The number of rotatable bonds is 2. The van der Waals surface area contributed by atoms with Crippen LogP contribution in [0.25, 0.3) is 11.0 Å². The zero-order chi connectivity index (χ0) is 11.0. The van der Waals surface area contributed by atoms with Crippen molar-refractivity contribution in [3.05, 3.63) is 24.0 Å². The van der Waals surface area contributed by atoms with E-state index in [9.17, 15) is 0 Å². The van der Waals surface area contributed by atoms with Gasteiger partial charge in [-0.3, -0.25) is 0 Å². The Labute approximate surface area is 94.8 Å². The van der Waals surface area contributed by atoms with Crippen LogP contribution in [0.3, 0.4) is 0 Å². The number of ether oxygens (including phenoxy) is 1. The molecule has 1 heterocycles. The van der Waals surface area contributed by atoms with Crippen LogP contribution in [-0.2, 0) is 0 Å². The molecule has 1 saturated carbocycles. The lowest BCUT2D eigenvalue weighted by Gasteiger charge is -2.02. The van der Waals surface area contributed by atoms with Crippen LogP contribution in [0.15, 0.2) is 18.2 Å². The summed E-state index contributed by atoms with van der Waals surface area (Å²) < 4.78 is 5.21. The predicted octanol–water partition coefficient (Wildman–Crippen LogP) is 3.23. The lowest BCUT2D eigenvalue weighted by Crippen LogP contribution is -1.93. The van der Waals surface area contributed by atoms with E-state index in [0.29, 0.717) is 5.92 Å². The number of nitrogens with one attached hydrogen (secondary N) is 1. The van der Waals surface area contributed by atoms with E-state index in [-0.39, 0.29) is 0 Å². The van der Waals surface area contributed by atoms with E-state index in [4.69, 9.17) is 4.74 Å². The lowest BCUT2D eigenvalue weighted by molar-refractivity contribution is 0.415. The van der Waals surface area contributed by atoms with Gasteiger partial charge >= 0.3 is 0 Å². The molecule has 1 fully saturated rings. The van der Waals surface area contributed by atoms with E-state index < -0.39 is 0 Å². The molecular weight excluding hydrogens is 200 g/mol. The van der Waals surface area contributed by atoms with Crippen molar-refractivity contribution < 1.29 is 4.74 Å². The summed E-state index contributed by atoms with van der Waals surface area (Å²) in [5, 5.41) is 0. The molecule has 0 atom stereocenters. The van der Waals surface area contributed by atoms with E-state index in [1.807, 2.05) is 18.2 Å². The Balaban J connectivity index is 2.01. The van der Waals surface area contributed by atoms with Crippen molar-refractivity contribution in [2.24, 2.45) is 0 Å². The Kier molecular flexibility index (Phi) is 2.31. The maximum absolute atomic E-state index is 5.21. The van der Waals surface area contributed by atoms with Gasteiger partial charge < -0.3 is 9.72 Å². The van der Waals surface area contributed by atoms with Crippen molar-refractivity contribution in [2.45, 2.75) is 31.6 Å². The minimum atomic E-state index is 0.637. The van der Waals surface area contributed by atoms with Crippen LogP contribution in [0.2, 0.25) is 0 Å². The first kappa shape index (κ1) is 9.70. The second kappa shape index (κ2) is 3.81. The third kappa shape index (κ3) is 1.56. The highest BCUT2D eigenvalue weighted by atomic mass is 16.5. The maximum Gasteiger partial charge on any atom is 0.121 e. The van der Waals surface area contributed by atoms with Gasteiger partial charge in [-0.1, -0.05) is 12.8 Å². The van der Waals surface area contributed by atoms with E-state index in [0.717, 1.165) is 22.6 Å². The Morgan fingerprint density at radius 1 is 1.31 bits per heavy atom. The molecule has 2 aromatic rings. The number of methoxy groups -OCH3 is 1. The molecular formula is C13H16N2O. The van der Waals surface area contributed by atoms with E-state index in [2.05, 4.69) is 9.97 Å². The van der Waals surface area contributed by atoms with Crippen LogP contribution < -0.4 is 4.74 Å². The number of nitrogens with zero attached hydrogens (tertiary/aromatic N) is 1. The first-order valence-corrected chi connectivity index (χ1v) is 5.90. The van der Waals surface area contributed by atoms with Gasteiger partial charge in [0.15, 0.2) is 0 Å². The Hall–Kier alpha value is -1.51. The molecule has 1 aliphatic rings. The highest BCUT2D eigenvalue weighted by Gasteiger charge is 2.20. The number of fused-ring (bicyclic) bond motifs is 1. The van der Waals surface area contributed by atoms with Crippen molar-refractivity contribution in [3.8, 4) is 5.75 Å². The summed E-state index contributed by atoms with van der Waals surface area (Å²) in [5.74, 6) is 2.67. The number of H-pyrrole nitrogens is 1. The van der Waals surface area contributed by atoms with Gasteiger partial charge in [-0.05, 0) is 25.0 Å². The molecule has 0 aliphatic heterocycles. The predicted molar refractivity (Wildman–Crippen MR) is 63.9 cm³/mol. The van der Waals surface area contributed by atoms with Crippen molar-refractivity contribution >= 4 is 11.0 Å². The van der Waals surface area contributed by atoms with Gasteiger partial charge in [-0.15, -0.1) is 0 Å². The highest BCUT2D eigenvalue weighted by molar-refractivity contribution is 5.76. The average molecular weight is 216 g/mol. The molecule has 0 spiro atoms. The standard InChI is InChI=1S/C13H16N2O/c1-16-10-6-7-11-12(8-10)15-13(14-11)9-4-2-3-5-9/h6-9H,2-5H2,1H3,(H,14,15). The van der Waals surface area contributed by atoms with E-state index >= 15 is 0 Å². The summed E-state index contributed by atoms with van der Waals surface area (Å²) >= 11 is 0. The second-order valence-electron chi connectivity index (χ2n) is 4.49. The van der Waals surface area contributed by atoms with Gasteiger partial charge in [0.25, 0.3) is 0 Å². The number of aromatic amines is 1. The smallest absolute Gasteiger partial charge is 0.121 e. The summed E-state index contributed by atoms with van der Waals surface area (Å²) in [4.78, 5) is 8.08. The molecule has 3 rings (SSSR count). The van der Waals surface area contributed by atoms with Gasteiger partial charge in [-0.25, -0.2) is 4.98 Å². The summed E-state index contributed by atoms with van der Waals surface area (Å²) in [5.41, 5.74) is 2.13. The molecule has 0 bridgehead atoms. The minimum Gasteiger partial charge on any atom is -0.497 e. The zero-order valence-corrected chi connectivity index (χ0v) is 9.49. The molecule has 3 heteroatoms. The van der Waals surface area contributed by atoms with Crippen molar-refractivity contribution in [2.75, 3.05) is 7.11 Å². The molecule has 3 nitrogen and oxygen atoms in total. The van der Waals surface area contributed by atoms with Gasteiger partial charge in [-0.2, -0.15) is 0 Å². The van der Waals surface area contributed by atoms with Crippen LogP contribution in [-0.4, -0.2) is 17.1 Å². The first-order valence-electron chi connectivity index (χ1n) is 5.90. The molecule has 1 aromatic heterocycles. The van der Waals surface area contributed by atoms with E-state index in [1.165, 1.54) is 25.7 Å². The van der Waals surface area contributed by atoms with E-state index in [1.54, 1.807) is 7.11 Å². The van der Waals surface area contributed by atoms with Crippen molar-refractivity contribution in [3.63, 3.8) is 0 Å². The fourth-order valence-corrected chi connectivity index (χ4v) is 2.53. The number of benzene rings is 1. The number of hydrogen-bond acceptors (Lipinski definition) is 2. The summed E-state index contributed by atoms with van der Waals surface area (Å²) in [6, 6.07) is 5.99. The molecule has 16 heavy (non-hydrogen) atoms. The van der Waals surface area contributed by atoms with Crippen LogP contribution >= 0.6 is 0 Å². The number of aromatic nitrogens is 2. The first-order chi connectivity index (χ1) is 7.86. The van der Waals surface area contributed by atoms with Gasteiger partial charge in [0.2, 0.25) is 0 Å². The molecule has 1 aromatic carbocycles. The normalized spacial score (nSPS) is 17.1. The van der Waals surface area contributed by atoms with Crippen molar-refractivity contribution in [1.29, 1.82) is 0 Å². The molecule has 0 radical (unpaired) electrons. The van der Waals surface area contributed by atoms with Crippen LogP contribution in [0.1, 0.15) is 37.4 Å². The number of hydrogen-bond donors (Lipinski definition) is 1. The zero-order valence-electron chi connectivity index (χ0n) is 9.49. The third-order valence-corrected chi connectivity index (χ3v) is 3.45. The van der Waals surface area contributed by atoms with Gasteiger partial charge in [0.1, 0.15) is 11.6 Å². The maximum atomic E-state index is 5.21. The summed E-state index contributed by atoms with van der Waals surface area (Å²) in [6.45, 7) is 0. The largest absolute Gasteiger partial charge is 0.497 e. The molecule has 1 N–H and O–H groups in total. The summed E-state index contributed by atoms with van der Waals surface area (Å²) in [6.07, 6.45) is 5.23. The molecule has 1 aliphatic carbocycles. The molecule has 0 amide bonds. The van der Waals surface area contributed by atoms with Crippen molar-refractivity contribution in [1.82, 2.24) is 9.97 Å². The molecule has 0 unspecified atom stereocenters. The second-order valence-corrected chi connectivity index (χ2v) is 4.49. The SMILES string of the molecule is COc1ccc2nc(C3CCCC3)[nH]c2c1. The number of imidazole rings is 1. The van der Waals surface area contributed by atoms with Crippen LogP contribution in [0, 0.1) is 0 Å². The fraction of sp³-hybridized carbons (Fsp3) is 0.462. The summed E-state index contributed by atoms with van der Waals surface area (Å²) in [7, 11) is 1.69. The minimum absolute atomic E-state index is 0.637. The monoisotopic (exact) mass is 216 g/mol. The highest BCUT2D eigenvalue weighted by Crippen LogP contribution is 2.33. The quantitative estimate of drug-likeness (QED) is 0.836. The average Bonchev–Trinajstić information content (AvgIpc) is 2.96. The Bertz CT molecular complexity index is 498. The fourth-order valence-electron chi connectivity index (χ4n) is 2.53. The third-order valence-electron chi connectivity index (χ3n) is 3.45. The van der Waals surface area contributed by atoms with Crippen LogP contribution in [0.4, 0.5) is 0 Å². The molecule has 0 saturated heterocycles. The molecule has 84 valence electrons. The lowest BCUT2D eigenvalue weighted by atomic mass is 10.1. The van der Waals surface area contributed by atoms with Gasteiger partial charge in [0, 0.05) is 12.0 Å². The topological polar surface area (TPSA) is 37.9 Å².